The third-order valence-electron chi connectivity index (χ3n) is 3.93. The van der Waals surface area contributed by atoms with Gasteiger partial charge in [-0.05, 0) is 35.8 Å². The summed E-state index contributed by atoms with van der Waals surface area (Å²) in [6.07, 6.45) is 0.00206. The lowest BCUT2D eigenvalue weighted by molar-refractivity contribution is 0.0525. The van der Waals surface area contributed by atoms with Crippen LogP contribution in [-0.2, 0) is 9.16 Å². The summed E-state index contributed by atoms with van der Waals surface area (Å²) in [4.78, 5) is 0. The largest absolute Gasteiger partial charge is 0.414 e. The maximum absolute atomic E-state index is 6.23. The van der Waals surface area contributed by atoms with Crippen molar-refractivity contribution in [2.45, 2.75) is 45.0 Å². The predicted molar refractivity (Wildman–Crippen MR) is 87.0 cm³/mol. The normalized spacial score (nSPS) is 14.5. The van der Waals surface area contributed by atoms with Gasteiger partial charge in [-0.25, -0.2) is 0 Å². The Kier molecular flexibility index (Phi) is 5.80. The van der Waals surface area contributed by atoms with E-state index in [2.05, 4.69) is 61.9 Å². The van der Waals surface area contributed by atoms with Crippen molar-refractivity contribution < 1.29 is 9.16 Å². The van der Waals surface area contributed by atoms with Gasteiger partial charge in [-0.2, -0.15) is 0 Å². The average molecular weight is 345 g/mol. The van der Waals surface area contributed by atoms with Crippen LogP contribution in [0.2, 0.25) is 18.1 Å². The summed E-state index contributed by atoms with van der Waals surface area (Å²) in [6.45, 7) is 11.9. The summed E-state index contributed by atoms with van der Waals surface area (Å²) < 4.78 is 12.9. The highest BCUT2D eigenvalue weighted by Gasteiger charge is 2.37. The molecule has 0 heterocycles. The molecule has 0 unspecified atom stereocenters. The number of hydrogen-bond donors (Lipinski definition) is 0. The van der Waals surface area contributed by atoms with Crippen LogP contribution in [0.5, 0.6) is 0 Å². The van der Waals surface area contributed by atoms with Crippen molar-refractivity contribution in [3.8, 4) is 0 Å². The Morgan fingerprint density at radius 1 is 1.16 bits per heavy atom. The summed E-state index contributed by atoms with van der Waals surface area (Å²) >= 11 is 3.45. The Labute approximate surface area is 126 Å². The van der Waals surface area contributed by atoms with E-state index in [4.69, 9.17) is 9.16 Å². The molecule has 0 spiro atoms. The van der Waals surface area contributed by atoms with E-state index in [9.17, 15) is 0 Å². The summed E-state index contributed by atoms with van der Waals surface area (Å²) in [5, 5.41) is 0.227. The number of hydrogen-bond acceptors (Lipinski definition) is 2. The van der Waals surface area contributed by atoms with Crippen LogP contribution in [0.4, 0.5) is 0 Å². The zero-order chi connectivity index (χ0) is 14.7. The standard InChI is InChI=1S/C15H25BrO2Si/c1-15(2,3)19(5,6)18-11-14(17-4)12-7-9-13(16)10-8-12/h7-10,14H,11H2,1-6H3/t14-/m0/s1. The molecule has 0 saturated heterocycles. The van der Waals surface area contributed by atoms with Gasteiger partial charge in [0.05, 0.1) is 6.61 Å². The molecule has 0 saturated carbocycles. The highest BCUT2D eigenvalue weighted by Crippen LogP contribution is 2.37. The van der Waals surface area contributed by atoms with E-state index in [1.54, 1.807) is 7.11 Å². The first-order valence-electron chi connectivity index (χ1n) is 6.59. The molecule has 19 heavy (non-hydrogen) atoms. The van der Waals surface area contributed by atoms with Crippen molar-refractivity contribution in [1.29, 1.82) is 0 Å². The van der Waals surface area contributed by atoms with Gasteiger partial charge < -0.3 is 9.16 Å². The topological polar surface area (TPSA) is 18.5 Å². The Hall–Kier alpha value is -0.163. The molecule has 0 aliphatic carbocycles. The van der Waals surface area contributed by atoms with Crippen LogP contribution < -0.4 is 0 Å². The van der Waals surface area contributed by atoms with Gasteiger partial charge in [0.25, 0.3) is 0 Å². The van der Waals surface area contributed by atoms with Crippen LogP contribution in [0.25, 0.3) is 0 Å². The molecule has 0 N–H and O–H groups in total. The number of ether oxygens (including phenoxy) is 1. The molecular formula is C15H25BrO2Si. The summed E-state index contributed by atoms with van der Waals surface area (Å²) in [5.41, 5.74) is 1.16. The lowest BCUT2D eigenvalue weighted by atomic mass is 10.1. The molecule has 0 fully saturated rings. The zero-order valence-corrected chi connectivity index (χ0v) is 15.4. The van der Waals surface area contributed by atoms with Crippen LogP contribution in [-0.4, -0.2) is 22.0 Å². The van der Waals surface area contributed by atoms with Crippen molar-refractivity contribution in [2.24, 2.45) is 0 Å². The first-order valence-corrected chi connectivity index (χ1v) is 10.3. The monoisotopic (exact) mass is 344 g/mol. The molecule has 2 nitrogen and oxygen atoms in total. The summed E-state index contributed by atoms with van der Waals surface area (Å²) in [7, 11) is 0.0208. The highest BCUT2D eigenvalue weighted by molar-refractivity contribution is 9.10. The maximum atomic E-state index is 6.23. The number of rotatable bonds is 5. The Morgan fingerprint density at radius 3 is 2.11 bits per heavy atom. The maximum Gasteiger partial charge on any atom is 0.192 e. The second-order valence-corrected chi connectivity index (χ2v) is 12.1. The second-order valence-electron chi connectivity index (χ2n) is 6.35. The lowest BCUT2D eigenvalue weighted by Gasteiger charge is -2.37. The predicted octanol–water partition coefficient (Wildman–Crippen LogP) is 5.16. The molecule has 4 heteroatoms. The Morgan fingerprint density at radius 2 is 1.68 bits per heavy atom. The lowest BCUT2D eigenvalue weighted by Crippen LogP contribution is -2.41. The minimum absolute atomic E-state index is 0.00206. The number of halogens is 1. The molecule has 1 aromatic carbocycles. The van der Waals surface area contributed by atoms with Crippen molar-refractivity contribution >= 4 is 24.2 Å². The molecular weight excluding hydrogens is 320 g/mol. The van der Waals surface area contributed by atoms with Crippen LogP contribution in [0.1, 0.15) is 32.4 Å². The first kappa shape index (κ1) is 16.9. The molecule has 0 bridgehead atoms. The zero-order valence-electron chi connectivity index (χ0n) is 12.8. The Balaban J connectivity index is 2.71. The molecule has 108 valence electrons. The molecule has 1 atom stereocenters. The SMILES string of the molecule is CO[C@@H](CO[Si](C)(C)C(C)(C)C)c1ccc(Br)cc1. The van der Waals surface area contributed by atoms with Gasteiger partial charge in [-0.1, -0.05) is 48.8 Å². The van der Waals surface area contributed by atoms with E-state index in [1.165, 1.54) is 0 Å². The van der Waals surface area contributed by atoms with Gasteiger partial charge in [0.2, 0.25) is 0 Å². The number of benzene rings is 1. The van der Waals surface area contributed by atoms with E-state index in [0.29, 0.717) is 6.61 Å². The molecule has 0 aromatic heterocycles. The molecule has 0 aliphatic rings. The fourth-order valence-corrected chi connectivity index (χ4v) is 2.74. The summed E-state index contributed by atoms with van der Waals surface area (Å²) in [6, 6.07) is 8.22. The molecule has 0 aliphatic heterocycles. The fourth-order valence-electron chi connectivity index (χ4n) is 1.48. The Bertz CT molecular complexity index is 396. The van der Waals surface area contributed by atoms with Crippen LogP contribution >= 0.6 is 15.9 Å². The molecule has 0 radical (unpaired) electrons. The van der Waals surface area contributed by atoms with E-state index in [-0.39, 0.29) is 11.1 Å². The second kappa shape index (κ2) is 6.53. The van der Waals surface area contributed by atoms with Crippen LogP contribution in [0.15, 0.2) is 28.7 Å². The van der Waals surface area contributed by atoms with E-state index < -0.39 is 8.32 Å². The van der Waals surface area contributed by atoms with Crippen LogP contribution in [0, 0.1) is 0 Å². The third-order valence-corrected chi connectivity index (χ3v) is 8.96. The molecule has 0 amide bonds. The minimum atomic E-state index is -1.72. The third kappa shape index (κ3) is 4.70. The average Bonchev–Trinajstić information content (AvgIpc) is 2.30. The first-order chi connectivity index (χ1) is 8.67. The van der Waals surface area contributed by atoms with E-state index in [1.807, 2.05) is 12.1 Å². The summed E-state index contributed by atoms with van der Waals surface area (Å²) in [5.74, 6) is 0. The van der Waals surface area contributed by atoms with Gasteiger partial charge in [0.1, 0.15) is 6.10 Å². The quantitative estimate of drug-likeness (QED) is 0.687. The van der Waals surface area contributed by atoms with Crippen molar-refractivity contribution in [3.05, 3.63) is 34.3 Å². The van der Waals surface area contributed by atoms with Crippen LogP contribution in [0.3, 0.4) is 0 Å². The molecule has 1 aromatic rings. The van der Waals surface area contributed by atoms with E-state index >= 15 is 0 Å². The smallest absolute Gasteiger partial charge is 0.192 e. The highest BCUT2D eigenvalue weighted by atomic mass is 79.9. The van der Waals surface area contributed by atoms with Gasteiger partial charge in [-0.15, -0.1) is 0 Å². The minimum Gasteiger partial charge on any atom is -0.414 e. The van der Waals surface area contributed by atoms with Crippen molar-refractivity contribution in [2.75, 3.05) is 13.7 Å². The fraction of sp³-hybridized carbons (Fsp3) is 0.600. The number of methoxy groups -OCH3 is 1. The molecule has 1 rings (SSSR count). The van der Waals surface area contributed by atoms with Gasteiger partial charge in [0.15, 0.2) is 8.32 Å². The van der Waals surface area contributed by atoms with Gasteiger partial charge in [-0.3, -0.25) is 0 Å². The van der Waals surface area contributed by atoms with E-state index in [0.717, 1.165) is 10.0 Å². The van der Waals surface area contributed by atoms with Crippen molar-refractivity contribution in [3.63, 3.8) is 0 Å². The van der Waals surface area contributed by atoms with Gasteiger partial charge in [0, 0.05) is 11.6 Å². The van der Waals surface area contributed by atoms with Gasteiger partial charge >= 0.3 is 0 Å². The van der Waals surface area contributed by atoms with Crippen molar-refractivity contribution in [1.82, 2.24) is 0 Å².